The first-order chi connectivity index (χ1) is 11.1. The van der Waals surface area contributed by atoms with E-state index in [4.69, 9.17) is 4.74 Å². The monoisotopic (exact) mass is 304 g/mol. The Morgan fingerprint density at radius 2 is 1.74 bits per heavy atom. The molecule has 1 heterocycles. The molecule has 23 heavy (non-hydrogen) atoms. The van der Waals surface area contributed by atoms with E-state index in [0.29, 0.717) is 0 Å². The second-order valence-electron chi connectivity index (χ2n) is 5.35. The van der Waals surface area contributed by atoms with Crippen molar-refractivity contribution in [3.63, 3.8) is 0 Å². The summed E-state index contributed by atoms with van der Waals surface area (Å²) >= 11 is 0. The van der Waals surface area contributed by atoms with Gasteiger partial charge in [-0.2, -0.15) is 0 Å². The lowest BCUT2D eigenvalue weighted by atomic mass is 10.0. The topological polar surface area (TPSA) is 66.8 Å². The zero-order chi connectivity index (χ0) is 16.0. The van der Waals surface area contributed by atoms with Gasteiger partial charge < -0.3 is 14.9 Å². The van der Waals surface area contributed by atoms with Gasteiger partial charge in [-0.15, -0.1) is 0 Å². The van der Waals surface area contributed by atoms with E-state index >= 15 is 0 Å². The van der Waals surface area contributed by atoms with E-state index in [9.17, 15) is 15.0 Å². The summed E-state index contributed by atoms with van der Waals surface area (Å²) in [5.41, 5.74) is 0.928. The molecule has 0 fully saturated rings. The Labute approximate surface area is 131 Å². The minimum Gasteiger partial charge on any atom is -0.508 e. The third-order valence-corrected chi connectivity index (χ3v) is 3.85. The number of carbonyl (C=O) groups is 1. The van der Waals surface area contributed by atoms with Gasteiger partial charge in [-0.1, -0.05) is 42.5 Å². The highest BCUT2D eigenvalue weighted by Crippen LogP contribution is 2.40. The average Bonchev–Trinajstić information content (AvgIpc) is 2.84. The summed E-state index contributed by atoms with van der Waals surface area (Å²) in [6, 6.07) is 16.1. The molecule has 112 valence electrons. The van der Waals surface area contributed by atoms with Crippen LogP contribution in [0.2, 0.25) is 0 Å². The molecular weight excluding hydrogens is 292 g/mol. The first kappa shape index (κ1) is 13.4. The van der Waals surface area contributed by atoms with Crippen LogP contribution < -0.4 is 4.74 Å². The van der Waals surface area contributed by atoms with Crippen LogP contribution in [0.3, 0.4) is 0 Å². The van der Waals surface area contributed by atoms with E-state index in [1.54, 1.807) is 6.08 Å². The Bertz CT molecular complexity index is 981. The van der Waals surface area contributed by atoms with Gasteiger partial charge in [-0.3, -0.25) is 4.79 Å². The van der Waals surface area contributed by atoms with E-state index in [-0.39, 0.29) is 28.6 Å². The van der Waals surface area contributed by atoms with Crippen LogP contribution in [0.1, 0.15) is 15.9 Å². The van der Waals surface area contributed by atoms with Crippen LogP contribution in [0.5, 0.6) is 17.2 Å². The first-order valence-electron chi connectivity index (χ1n) is 7.11. The first-order valence-corrected chi connectivity index (χ1v) is 7.11. The lowest BCUT2D eigenvalue weighted by molar-refractivity contribution is 0.101. The second kappa shape index (κ2) is 4.88. The largest absolute Gasteiger partial charge is 0.508 e. The molecule has 4 nitrogen and oxygen atoms in total. The molecule has 3 aromatic rings. The highest BCUT2D eigenvalue weighted by Gasteiger charge is 2.31. The molecule has 4 heteroatoms. The third kappa shape index (κ3) is 2.12. The Hall–Kier alpha value is -3.27. The standard InChI is InChI=1S/C19H12O4/c20-13-9-15(21)18-16(10-13)23-17(19(18)22)8-12-6-3-5-11-4-1-2-7-14(11)12/h1-10,20-21H/b17-8-. The second-order valence-corrected chi connectivity index (χ2v) is 5.35. The van der Waals surface area contributed by atoms with Crippen molar-refractivity contribution in [3.05, 3.63) is 71.5 Å². The number of carbonyl (C=O) groups excluding carboxylic acids is 1. The van der Waals surface area contributed by atoms with E-state index in [1.807, 2.05) is 42.5 Å². The van der Waals surface area contributed by atoms with Gasteiger partial charge in [-0.05, 0) is 22.4 Å². The lowest BCUT2D eigenvalue weighted by Gasteiger charge is -2.03. The maximum absolute atomic E-state index is 12.4. The van der Waals surface area contributed by atoms with Crippen LogP contribution in [-0.4, -0.2) is 16.0 Å². The van der Waals surface area contributed by atoms with Crippen LogP contribution >= 0.6 is 0 Å². The smallest absolute Gasteiger partial charge is 0.235 e. The van der Waals surface area contributed by atoms with Crippen molar-refractivity contribution >= 4 is 22.6 Å². The number of allylic oxidation sites excluding steroid dienone is 1. The van der Waals surface area contributed by atoms with Crippen LogP contribution in [0.15, 0.2) is 60.4 Å². The molecule has 0 saturated heterocycles. The third-order valence-electron chi connectivity index (χ3n) is 3.85. The van der Waals surface area contributed by atoms with E-state index in [0.717, 1.165) is 22.4 Å². The summed E-state index contributed by atoms with van der Waals surface area (Å²) in [4.78, 5) is 12.4. The van der Waals surface area contributed by atoms with Crippen molar-refractivity contribution in [2.24, 2.45) is 0 Å². The van der Waals surface area contributed by atoms with Crippen LogP contribution in [0.25, 0.3) is 16.8 Å². The van der Waals surface area contributed by atoms with Gasteiger partial charge >= 0.3 is 0 Å². The van der Waals surface area contributed by atoms with Gasteiger partial charge in [0.2, 0.25) is 5.78 Å². The van der Waals surface area contributed by atoms with Crippen LogP contribution in [0.4, 0.5) is 0 Å². The molecule has 1 aliphatic heterocycles. The number of ketones is 1. The maximum Gasteiger partial charge on any atom is 0.235 e. The molecular formula is C19H12O4. The quantitative estimate of drug-likeness (QED) is 0.670. The molecule has 0 radical (unpaired) electrons. The minimum absolute atomic E-state index is 0.0780. The van der Waals surface area contributed by atoms with Crippen molar-refractivity contribution < 1.29 is 19.7 Å². The van der Waals surface area contributed by atoms with Crippen molar-refractivity contribution in [1.82, 2.24) is 0 Å². The maximum atomic E-state index is 12.4. The van der Waals surface area contributed by atoms with E-state index in [1.165, 1.54) is 6.07 Å². The molecule has 0 unspecified atom stereocenters. The molecule has 2 N–H and O–H groups in total. The average molecular weight is 304 g/mol. The number of aromatic hydroxyl groups is 2. The number of hydrogen-bond donors (Lipinski definition) is 2. The Morgan fingerprint density at radius 3 is 2.61 bits per heavy atom. The summed E-state index contributed by atoms with van der Waals surface area (Å²) in [7, 11) is 0. The highest BCUT2D eigenvalue weighted by molar-refractivity contribution is 6.16. The number of fused-ring (bicyclic) bond motifs is 2. The number of ether oxygens (including phenoxy) is 1. The van der Waals surface area contributed by atoms with Crippen molar-refractivity contribution in [2.75, 3.05) is 0 Å². The minimum atomic E-state index is -0.398. The van der Waals surface area contributed by atoms with Gasteiger partial charge in [0.25, 0.3) is 0 Å². The normalized spacial score (nSPS) is 15.0. The zero-order valence-electron chi connectivity index (χ0n) is 12.0. The van der Waals surface area contributed by atoms with E-state index in [2.05, 4.69) is 0 Å². The summed E-state index contributed by atoms with van der Waals surface area (Å²) in [6.45, 7) is 0. The molecule has 0 amide bonds. The number of rotatable bonds is 1. The fourth-order valence-electron chi connectivity index (χ4n) is 2.80. The van der Waals surface area contributed by atoms with Gasteiger partial charge in [0, 0.05) is 12.1 Å². The Balaban J connectivity index is 1.84. The number of phenols is 2. The number of Topliss-reactive ketones (excluding diaryl/α,β-unsaturated/α-hetero) is 1. The van der Waals surface area contributed by atoms with Gasteiger partial charge in [0.05, 0.1) is 0 Å². The molecule has 0 aliphatic carbocycles. The van der Waals surface area contributed by atoms with Crippen LogP contribution in [-0.2, 0) is 0 Å². The molecule has 0 saturated carbocycles. The van der Waals surface area contributed by atoms with Crippen LogP contribution in [0, 0.1) is 0 Å². The Morgan fingerprint density at radius 1 is 0.957 bits per heavy atom. The molecule has 0 atom stereocenters. The highest BCUT2D eigenvalue weighted by atomic mass is 16.5. The summed E-state index contributed by atoms with van der Waals surface area (Å²) in [5, 5.41) is 21.4. The van der Waals surface area contributed by atoms with Gasteiger partial charge in [-0.25, -0.2) is 0 Å². The van der Waals surface area contributed by atoms with Crippen molar-refractivity contribution in [1.29, 1.82) is 0 Å². The number of phenolic OH excluding ortho intramolecular Hbond substituents is 2. The Kier molecular flexibility index (Phi) is 2.84. The van der Waals surface area contributed by atoms with Gasteiger partial charge in [0.15, 0.2) is 5.76 Å². The van der Waals surface area contributed by atoms with E-state index < -0.39 is 5.78 Å². The summed E-state index contributed by atoms with van der Waals surface area (Å²) < 4.78 is 5.53. The molecule has 0 bridgehead atoms. The molecule has 1 aliphatic rings. The molecule has 3 aromatic carbocycles. The fraction of sp³-hybridized carbons (Fsp3) is 0. The fourth-order valence-corrected chi connectivity index (χ4v) is 2.80. The summed E-state index contributed by atoms with van der Waals surface area (Å²) in [6.07, 6.45) is 1.65. The lowest BCUT2D eigenvalue weighted by Crippen LogP contribution is -1.98. The molecule has 0 spiro atoms. The zero-order valence-corrected chi connectivity index (χ0v) is 12.0. The summed E-state index contributed by atoms with van der Waals surface area (Å²) in [5.74, 6) is -0.548. The number of benzene rings is 3. The molecule has 4 rings (SSSR count). The van der Waals surface area contributed by atoms with Crippen molar-refractivity contribution in [2.45, 2.75) is 0 Å². The SMILES string of the molecule is O=C1/C(=C/c2cccc3ccccc23)Oc2cc(O)cc(O)c21. The van der Waals surface area contributed by atoms with Gasteiger partial charge in [0.1, 0.15) is 22.8 Å². The number of hydrogen-bond acceptors (Lipinski definition) is 4. The predicted octanol–water partition coefficient (Wildman–Crippen LogP) is 3.87. The predicted molar refractivity (Wildman–Crippen MR) is 86.7 cm³/mol. The molecule has 0 aromatic heterocycles. The van der Waals surface area contributed by atoms with Crippen molar-refractivity contribution in [3.8, 4) is 17.2 Å².